The van der Waals surface area contributed by atoms with Crippen LogP contribution in [0, 0.1) is 6.92 Å². The normalized spacial score (nSPS) is 18.0. The highest BCUT2D eigenvalue weighted by atomic mass is 79.9. The Morgan fingerprint density at radius 3 is 2.57 bits per heavy atom. The van der Waals surface area contributed by atoms with Crippen molar-refractivity contribution in [1.82, 2.24) is 34.0 Å². The van der Waals surface area contributed by atoms with Gasteiger partial charge >= 0.3 is 6.18 Å². The number of carbonyl (C=O) groups is 2. The zero-order valence-electron chi connectivity index (χ0n) is 24.3. The zero-order valence-corrected chi connectivity index (χ0v) is 26.7. The number of carbonyl (C=O) groups excluding carboxylic acids is 2. The minimum Gasteiger partial charge on any atom is -0.504 e. The lowest BCUT2D eigenvalue weighted by atomic mass is 9.81. The van der Waals surface area contributed by atoms with Crippen LogP contribution in [0.5, 0.6) is 5.75 Å². The first-order valence-corrected chi connectivity index (χ1v) is 15.4. The maximum Gasteiger partial charge on any atom is 0.416 e. The van der Waals surface area contributed by atoms with E-state index in [0.29, 0.717) is 30.6 Å². The molecule has 2 aliphatic rings. The molecule has 13 nitrogen and oxygen atoms in total. The molecule has 0 unspecified atom stereocenters. The molecule has 1 aromatic carbocycles. The van der Waals surface area contributed by atoms with Crippen molar-refractivity contribution in [3.63, 3.8) is 0 Å². The highest BCUT2D eigenvalue weighted by molar-refractivity contribution is 9.10. The molecule has 0 spiro atoms. The molecule has 2 fully saturated rings. The van der Waals surface area contributed by atoms with Crippen molar-refractivity contribution in [2.75, 3.05) is 23.3 Å². The van der Waals surface area contributed by atoms with Gasteiger partial charge in [-0.1, -0.05) is 18.5 Å². The highest BCUT2D eigenvalue weighted by Crippen LogP contribution is 2.38. The standard InChI is InChI=1S/C28H26BrClF3N9O4/c1-3-17-22(39-8-9-40(19-7-6-18(19)39)24(45)21-23(44)13(2)34-12-35-21)25(46)42-27(37-26(29)38-42)41(17)11-20(43)36-16-5-4-14(10-15(16)30)28(31,32)33/h4-5,10,12,18-19,44H,3,6-9,11H2,1-2H3,(H,36,43)/t18-,19-/m1/s1. The van der Waals surface area contributed by atoms with E-state index in [1.807, 2.05) is 11.8 Å². The average molecular weight is 725 g/mol. The number of hydrogen-bond donors (Lipinski definition) is 2. The van der Waals surface area contributed by atoms with Crippen LogP contribution in [0.15, 0.2) is 34.1 Å². The van der Waals surface area contributed by atoms with Gasteiger partial charge in [-0.2, -0.15) is 22.7 Å². The molecule has 0 bridgehead atoms. The lowest BCUT2D eigenvalue weighted by Gasteiger charge is -2.54. The fourth-order valence-electron chi connectivity index (χ4n) is 6.03. The number of anilines is 2. The molecule has 18 heteroatoms. The third kappa shape index (κ3) is 5.44. The molecule has 1 aliphatic heterocycles. The van der Waals surface area contributed by atoms with E-state index in [9.17, 15) is 32.7 Å². The summed E-state index contributed by atoms with van der Waals surface area (Å²) in [5.74, 6) is -1.25. The van der Waals surface area contributed by atoms with Crippen LogP contribution in [0.2, 0.25) is 5.02 Å². The molecule has 2 N–H and O–H groups in total. The summed E-state index contributed by atoms with van der Waals surface area (Å²) in [7, 11) is 0. The number of fused-ring (bicyclic) bond motifs is 2. The zero-order chi connectivity index (χ0) is 33.1. The fraction of sp³-hybridized carbons (Fsp3) is 0.393. The topological polar surface area (TPSA) is 151 Å². The molecule has 1 aliphatic carbocycles. The number of benzene rings is 1. The molecule has 0 radical (unpaired) electrons. The van der Waals surface area contributed by atoms with Crippen LogP contribution < -0.4 is 15.8 Å². The van der Waals surface area contributed by atoms with Gasteiger partial charge in [0.05, 0.1) is 33.7 Å². The molecule has 1 saturated carbocycles. The Bertz CT molecular complexity index is 1950. The maximum atomic E-state index is 13.9. The summed E-state index contributed by atoms with van der Waals surface area (Å²) in [5.41, 5.74) is -0.439. The van der Waals surface area contributed by atoms with Gasteiger partial charge in [0.1, 0.15) is 18.6 Å². The van der Waals surface area contributed by atoms with Gasteiger partial charge in [-0.05, 0) is 60.3 Å². The second kappa shape index (κ2) is 11.8. The Morgan fingerprint density at radius 1 is 1.17 bits per heavy atom. The van der Waals surface area contributed by atoms with Gasteiger partial charge in [-0.15, -0.1) is 5.10 Å². The monoisotopic (exact) mass is 723 g/mol. The van der Waals surface area contributed by atoms with Gasteiger partial charge in [-0.25, -0.2) is 9.97 Å². The largest absolute Gasteiger partial charge is 0.504 e. The molecule has 3 aromatic heterocycles. The number of aryl methyl sites for hydroxylation is 1. The van der Waals surface area contributed by atoms with Gasteiger partial charge in [-0.3, -0.25) is 14.4 Å². The van der Waals surface area contributed by atoms with Crippen molar-refractivity contribution in [1.29, 1.82) is 0 Å². The molecular weight excluding hydrogens is 699 g/mol. The quantitative estimate of drug-likeness (QED) is 0.303. The van der Waals surface area contributed by atoms with Crippen LogP contribution >= 0.6 is 27.5 Å². The van der Waals surface area contributed by atoms with E-state index in [2.05, 4.69) is 41.3 Å². The summed E-state index contributed by atoms with van der Waals surface area (Å²) >= 11 is 9.27. The average Bonchev–Trinajstić information content (AvgIpc) is 3.38. The number of nitrogens with zero attached hydrogens (tertiary/aromatic N) is 8. The Kier molecular flexibility index (Phi) is 8.16. The van der Waals surface area contributed by atoms with Crippen molar-refractivity contribution >= 4 is 56.5 Å². The minimum atomic E-state index is -4.60. The van der Waals surface area contributed by atoms with Gasteiger partial charge in [0.25, 0.3) is 11.5 Å². The van der Waals surface area contributed by atoms with E-state index < -0.39 is 29.1 Å². The van der Waals surface area contributed by atoms with Crippen LogP contribution in [0.4, 0.5) is 24.5 Å². The minimum absolute atomic E-state index is 0.0133. The molecule has 4 heterocycles. The van der Waals surface area contributed by atoms with Crippen molar-refractivity contribution in [3.05, 3.63) is 67.3 Å². The van der Waals surface area contributed by atoms with Crippen molar-refractivity contribution in [2.24, 2.45) is 0 Å². The second-order valence-corrected chi connectivity index (χ2v) is 12.1. The van der Waals surface area contributed by atoms with E-state index in [4.69, 9.17) is 11.6 Å². The second-order valence-electron chi connectivity index (χ2n) is 10.9. The van der Waals surface area contributed by atoms with Crippen molar-refractivity contribution in [2.45, 2.75) is 57.9 Å². The lowest BCUT2D eigenvalue weighted by molar-refractivity contribution is -0.137. The predicted octanol–water partition coefficient (Wildman–Crippen LogP) is 3.82. The third-order valence-corrected chi connectivity index (χ3v) is 9.00. The number of alkyl halides is 3. The summed E-state index contributed by atoms with van der Waals surface area (Å²) in [6, 6.07) is 2.11. The fourth-order valence-corrected chi connectivity index (χ4v) is 6.58. The third-order valence-electron chi connectivity index (χ3n) is 8.35. The summed E-state index contributed by atoms with van der Waals surface area (Å²) in [4.78, 5) is 56.5. The first-order chi connectivity index (χ1) is 21.8. The summed E-state index contributed by atoms with van der Waals surface area (Å²) < 4.78 is 42.0. The number of nitrogens with one attached hydrogen (secondary N) is 1. The Morgan fingerprint density at radius 2 is 1.91 bits per heavy atom. The van der Waals surface area contributed by atoms with Gasteiger partial charge < -0.3 is 24.8 Å². The molecule has 2 atom stereocenters. The Labute approximate surface area is 272 Å². The van der Waals surface area contributed by atoms with E-state index in [1.165, 1.54) is 10.9 Å². The van der Waals surface area contributed by atoms with Crippen LogP contribution in [-0.4, -0.2) is 76.1 Å². The van der Waals surface area contributed by atoms with Crippen LogP contribution in [-0.2, 0) is 23.9 Å². The van der Waals surface area contributed by atoms with Gasteiger partial charge in [0, 0.05) is 19.1 Å². The Hall–Kier alpha value is -4.25. The number of aromatic nitrogens is 6. The molecule has 46 heavy (non-hydrogen) atoms. The van der Waals surface area contributed by atoms with Crippen molar-refractivity contribution in [3.8, 4) is 5.75 Å². The van der Waals surface area contributed by atoms with Gasteiger partial charge in [0.2, 0.25) is 16.4 Å². The maximum absolute atomic E-state index is 13.9. The first kappa shape index (κ1) is 31.7. The summed E-state index contributed by atoms with van der Waals surface area (Å²) in [6.07, 6.45) is -1.72. The van der Waals surface area contributed by atoms with Gasteiger partial charge in [0.15, 0.2) is 11.4 Å². The molecule has 4 aromatic rings. The molecule has 1 saturated heterocycles. The van der Waals surface area contributed by atoms with E-state index >= 15 is 0 Å². The SMILES string of the molecule is CCc1c(N2CCN(C(=O)c3ncnc(C)c3O)[C@@H]3CC[C@H]32)c(=O)n2nc(Br)nc2n1CC(=O)Nc1ccc(C(F)(F)F)cc1Cl. The van der Waals surface area contributed by atoms with Crippen LogP contribution in [0.1, 0.15) is 47.2 Å². The molecule has 2 amide bonds. The number of hydrogen-bond acceptors (Lipinski definition) is 9. The van der Waals surface area contributed by atoms with Crippen LogP contribution in [0.25, 0.3) is 5.78 Å². The lowest BCUT2D eigenvalue weighted by Crippen LogP contribution is -2.67. The van der Waals surface area contributed by atoms with E-state index in [1.54, 1.807) is 11.8 Å². The summed E-state index contributed by atoms with van der Waals surface area (Å²) in [5, 5.41) is 16.9. The smallest absolute Gasteiger partial charge is 0.416 e. The number of aromatic hydroxyl groups is 1. The first-order valence-electron chi connectivity index (χ1n) is 14.2. The number of halogens is 5. The number of rotatable bonds is 6. The molecule has 6 rings (SSSR count). The van der Waals surface area contributed by atoms with E-state index in [0.717, 1.165) is 22.7 Å². The highest BCUT2D eigenvalue weighted by Gasteiger charge is 2.47. The summed E-state index contributed by atoms with van der Waals surface area (Å²) in [6.45, 7) is 3.54. The van der Waals surface area contributed by atoms with Crippen molar-refractivity contribution < 1.29 is 27.9 Å². The predicted molar refractivity (Wildman–Crippen MR) is 163 cm³/mol. The number of amides is 2. The molecule has 242 valence electrons. The number of piperazine rings is 1. The van der Waals surface area contributed by atoms with E-state index in [-0.39, 0.29) is 70.1 Å². The molecular formula is C28H26BrClF3N9O4. The van der Waals surface area contributed by atoms with Crippen LogP contribution in [0.3, 0.4) is 0 Å². The Balaban J connectivity index is 1.33.